The molecular weight excluding hydrogens is 278 g/mol. The van der Waals surface area contributed by atoms with E-state index in [0.717, 1.165) is 6.42 Å². The molecule has 1 atom stereocenters. The SMILES string of the molecule is CCOCC(Cc1ccc(C)cc1C)NC(=O)OC(C)(C)C. The quantitative estimate of drug-likeness (QED) is 0.870. The Balaban J connectivity index is 2.73. The minimum absolute atomic E-state index is 0.101. The Kier molecular flexibility index (Phi) is 6.88. The molecule has 4 heteroatoms. The van der Waals surface area contributed by atoms with Crippen LogP contribution in [0, 0.1) is 13.8 Å². The summed E-state index contributed by atoms with van der Waals surface area (Å²) < 4.78 is 10.8. The number of amides is 1. The van der Waals surface area contributed by atoms with Crippen molar-refractivity contribution in [1.82, 2.24) is 5.32 Å². The molecule has 0 heterocycles. The maximum atomic E-state index is 12.0. The molecule has 0 aliphatic heterocycles. The molecule has 0 saturated carbocycles. The molecule has 1 N–H and O–H groups in total. The van der Waals surface area contributed by atoms with Gasteiger partial charge in [-0.05, 0) is 59.1 Å². The predicted octanol–water partition coefficient (Wildman–Crippen LogP) is 3.78. The molecule has 1 unspecified atom stereocenters. The summed E-state index contributed by atoms with van der Waals surface area (Å²) in [7, 11) is 0. The highest BCUT2D eigenvalue weighted by Crippen LogP contribution is 2.14. The monoisotopic (exact) mass is 307 g/mol. The second-order valence-corrected chi connectivity index (χ2v) is 6.64. The van der Waals surface area contributed by atoms with Gasteiger partial charge in [0.2, 0.25) is 0 Å². The summed E-state index contributed by atoms with van der Waals surface area (Å²) in [5, 5.41) is 2.91. The summed E-state index contributed by atoms with van der Waals surface area (Å²) >= 11 is 0. The molecule has 0 aromatic heterocycles. The van der Waals surface area contributed by atoms with Crippen LogP contribution < -0.4 is 5.32 Å². The lowest BCUT2D eigenvalue weighted by Crippen LogP contribution is -2.42. The van der Waals surface area contributed by atoms with Crippen LogP contribution in [0.5, 0.6) is 0 Å². The number of alkyl carbamates (subject to hydrolysis) is 1. The van der Waals surface area contributed by atoms with Crippen molar-refractivity contribution < 1.29 is 14.3 Å². The van der Waals surface area contributed by atoms with Crippen molar-refractivity contribution in [3.8, 4) is 0 Å². The highest BCUT2D eigenvalue weighted by Gasteiger charge is 2.20. The first-order valence-corrected chi connectivity index (χ1v) is 7.84. The van der Waals surface area contributed by atoms with Crippen molar-refractivity contribution in [2.75, 3.05) is 13.2 Å². The zero-order chi connectivity index (χ0) is 16.8. The molecule has 1 aromatic carbocycles. The molecule has 4 nitrogen and oxygen atoms in total. The normalized spacial score (nSPS) is 12.8. The topological polar surface area (TPSA) is 47.6 Å². The molecule has 0 aliphatic rings. The van der Waals surface area contributed by atoms with Crippen molar-refractivity contribution in [3.63, 3.8) is 0 Å². The summed E-state index contributed by atoms with van der Waals surface area (Å²) in [4.78, 5) is 12.0. The average Bonchev–Trinajstić information content (AvgIpc) is 2.36. The Labute approximate surface area is 134 Å². The van der Waals surface area contributed by atoms with E-state index in [9.17, 15) is 4.79 Å². The minimum Gasteiger partial charge on any atom is -0.444 e. The Bertz CT molecular complexity index is 492. The van der Waals surface area contributed by atoms with Gasteiger partial charge in [-0.15, -0.1) is 0 Å². The van der Waals surface area contributed by atoms with E-state index in [4.69, 9.17) is 9.47 Å². The number of carbonyl (C=O) groups excluding carboxylic acids is 1. The molecule has 0 fully saturated rings. The van der Waals surface area contributed by atoms with Crippen molar-refractivity contribution in [3.05, 3.63) is 34.9 Å². The number of hydrogen-bond acceptors (Lipinski definition) is 3. The van der Waals surface area contributed by atoms with Crippen LogP contribution in [0.15, 0.2) is 18.2 Å². The van der Waals surface area contributed by atoms with Crippen molar-refractivity contribution >= 4 is 6.09 Å². The summed E-state index contributed by atoms with van der Waals surface area (Å²) in [5.74, 6) is 0. The maximum absolute atomic E-state index is 12.0. The van der Waals surface area contributed by atoms with E-state index < -0.39 is 11.7 Å². The average molecular weight is 307 g/mol. The van der Waals surface area contributed by atoms with E-state index in [-0.39, 0.29) is 6.04 Å². The number of benzene rings is 1. The van der Waals surface area contributed by atoms with E-state index in [1.54, 1.807) is 0 Å². The lowest BCUT2D eigenvalue weighted by atomic mass is 9.99. The summed E-state index contributed by atoms with van der Waals surface area (Å²) in [6.45, 7) is 12.8. The first-order valence-electron chi connectivity index (χ1n) is 7.84. The fourth-order valence-electron chi connectivity index (χ4n) is 2.23. The van der Waals surface area contributed by atoms with Crippen LogP contribution in [0.3, 0.4) is 0 Å². The second kappa shape index (κ2) is 8.18. The molecule has 1 aromatic rings. The van der Waals surface area contributed by atoms with Gasteiger partial charge in [-0.25, -0.2) is 4.79 Å². The Morgan fingerprint density at radius 2 is 1.95 bits per heavy atom. The van der Waals surface area contributed by atoms with E-state index in [0.29, 0.717) is 13.2 Å². The Morgan fingerprint density at radius 3 is 2.50 bits per heavy atom. The molecule has 1 amide bonds. The molecule has 0 spiro atoms. The fraction of sp³-hybridized carbons (Fsp3) is 0.611. The van der Waals surface area contributed by atoms with Gasteiger partial charge in [-0.3, -0.25) is 0 Å². The molecule has 0 bridgehead atoms. The van der Waals surface area contributed by atoms with Crippen molar-refractivity contribution in [2.24, 2.45) is 0 Å². The predicted molar refractivity (Wildman–Crippen MR) is 89.3 cm³/mol. The zero-order valence-corrected chi connectivity index (χ0v) is 14.7. The van der Waals surface area contributed by atoms with Crippen LogP contribution in [-0.2, 0) is 15.9 Å². The lowest BCUT2D eigenvalue weighted by Gasteiger charge is -2.24. The zero-order valence-electron chi connectivity index (χ0n) is 14.7. The Hall–Kier alpha value is -1.55. The van der Waals surface area contributed by atoms with Crippen molar-refractivity contribution in [2.45, 2.75) is 59.6 Å². The number of ether oxygens (including phenoxy) is 2. The Morgan fingerprint density at radius 1 is 1.27 bits per heavy atom. The number of rotatable bonds is 6. The standard InChI is InChI=1S/C18H29NO3/c1-7-21-12-16(19-17(20)22-18(4,5)6)11-15-9-8-13(2)10-14(15)3/h8-10,16H,7,11-12H2,1-6H3,(H,19,20). The smallest absolute Gasteiger partial charge is 0.407 e. The van der Waals surface area contributed by atoms with Gasteiger partial charge in [0.1, 0.15) is 5.60 Å². The van der Waals surface area contributed by atoms with E-state index >= 15 is 0 Å². The second-order valence-electron chi connectivity index (χ2n) is 6.64. The van der Waals surface area contributed by atoms with Crippen LogP contribution in [-0.4, -0.2) is 30.9 Å². The number of aryl methyl sites for hydroxylation is 2. The lowest BCUT2D eigenvalue weighted by molar-refractivity contribution is 0.0449. The number of carbonyl (C=O) groups is 1. The third kappa shape index (κ3) is 6.94. The van der Waals surface area contributed by atoms with Gasteiger partial charge in [-0.1, -0.05) is 23.8 Å². The van der Waals surface area contributed by atoms with Gasteiger partial charge >= 0.3 is 6.09 Å². The summed E-state index contributed by atoms with van der Waals surface area (Å²) in [6, 6.07) is 6.25. The van der Waals surface area contributed by atoms with Gasteiger partial charge in [0.05, 0.1) is 12.6 Å². The van der Waals surface area contributed by atoms with Gasteiger partial charge in [0.15, 0.2) is 0 Å². The summed E-state index contributed by atoms with van der Waals surface area (Å²) in [5.41, 5.74) is 3.18. The van der Waals surface area contributed by atoms with Crippen LogP contribution in [0.1, 0.15) is 44.4 Å². The molecule has 0 aliphatic carbocycles. The molecule has 124 valence electrons. The fourth-order valence-corrected chi connectivity index (χ4v) is 2.23. The maximum Gasteiger partial charge on any atom is 0.407 e. The van der Waals surface area contributed by atoms with Crippen LogP contribution in [0.4, 0.5) is 4.79 Å². The molecular formula is C18H29NO3. The molecule has 1 rings (SSSR count). The van der Waals surface area contributed by atoms with Gasteiger partial charge in [-0.2, -0.15) is 0 Å². The van der Waals surface area contributed by atoms with Crippen LogP contribution >= 0.6 is 0 Å². The highest BCUT2D eigenvalue weighted by molar-refractivity contribution is 5.68. The molecule has 0 saturated heterocycles. The molecule has 0 radical (unpaired) electrons. The van der Waals surface area contributed by atoms with Gasteiger partial charge < -0.3 is 14.8 Å². The first-order chi connectivity index (χ1) is 10.2. The van der Waals surface area contributed by atoms with Gasteiger partial charge in [0.25, 0.3) is 0 Å². The summed E-state index contributed by atoms with van der Waals surface area (Å²) in [6.07, 6.45) is 0.327. The third-order valence-corrected chi connectivity index (χ3v) is 3.21. The minimum atomic E-state index is -0.500. The molecule has 22 heavy (non-hydrogen) atoms. The van der Waals surface area contributed by atoms with E-state index in [1.807, 2.05) is 27.7 Å². The number of nitrogens with one attached hydrogen (secondary N) is 1. The van der Waals surface area contributed by atoms with Crippen LogP contribution in [0.2, 0.25) is 0 Å². The van der Waals surface area contributed by atoms with Crippen molar-refractivity contribution in [1.29, 1.82) is 0 Å². The third-order valence-electron chi connectivity index (χ3n) is 3.21. The first kappa shape index (κ1) is 18.5. The van der Waals surface area contributed by atoms with E-state index in [2.05, 4.69) is 37.4 Å². The highest BCUT2D eigenvalue weighted by atomic mass is 16.6. The largest absolute Gasteiger partial charge is 0.444 e. The van der Waals surface area contributed by atoms with E-state index in [1.165, 1.54) is 16.7 Å². The van der Waals surface area contributed by atoms with Crippen LogP contribution in [0.25, 0.3) is 0 Å². The number of hydrogen-bond donors (Lipinski definition) is 1. The van der Waals surface area contributed by atoms with Gasteiger partial charge in [0, 0.05) is 6.61 Å².